The second-order valence-corrected chi connectivity index (χ2v) is 13.9. The highest BCUT2D eigenvalue weighted by molar-refractivity contribution is 6.09. The molecule has 0 radical (unpaired) electrons. The van der Waals surface area contributed by atoms with Crippen LogP contribution in [0, 0.1) is 0 Å². The third-order valence-electron chi connectivity index (χ3n) is 10.5. The number of halogens is 6. The number of nitrogens with zero attached hydrogens (tertiary/aromatic N) is 3. The number of carbonyl (C=O) groups is 2. The first-order valence-electron chi connectivity index (χ1n) is 18.9. The van der Waals surface area contributed by atoms with Gasteiger partial charge < -0.3 is 20.1 Å². The predicted molar refractivity (Wildman–Crippen MR) is 216 cm³/mol. The summed E-state index contributed by atoms with van der Waals surface area (Å²) in [4.78, 5) is 34.8. The molecule has 302 valence electrons. The molecule has 0 aliphatic heterocycles. The zero-order valence-corrected chi connectivity index (χ0v) is 32.3. The van der Waals surface area contributed by atoms with Crippen molar-refractivity contribution < 1.29 is 35.9 Å². The van der Waals surface area contributed by atoms with Gasteiger partial charge in [0, 0.05) is 30.9 Å². The molecular formula is C45H43F6N5O2. The molecule has 1 aliphatic rings. The normalized spacial score (nSPS) is 16.8. The van der Waals surface area contributed by atoms with Crippen LogP contribution in [0.5, 0.6) is 0 Å². The van der Waals surface area contributed by atoms with Crippen molar-refractivity contribution in [2.75, 3.05) is 29.9 Å². The van der Waals surface area contributed by atoms with Crippen LogP contribution < -0.4 is 15.5 Å². The van der Waals surface area contributed by atoms with Gasteiger partial charge in [-0.1, -0.05) is 79.4 Å². The number of imidazole rings is 1. The predicted octanol–water partition coefficient (Wildman–Crippen LogP) is 10.7. The van der Waals surface area contributed by atoms with Gasteiger partial charge in [0.1, 0.15) is 6.54 Å². The summed E-state index contributed by atoms with van der Waals surface area (Å²) in [6.07, 6.45) is -3.37. The number of hydrogen-bond donors (Lipinski definition) is 2. The molecule has 1 unspecified atom stereocenters. The lowest BCUT2D eigenvalue weighted by atomic mass is 9.73. The minimum Gasteiger partial charge on any atom is -0.346 e. The lowest BCUT2D eigenvalue weighted by molar-refractivity contribution is -0.141. The van der Waals surface area contributed by atoms with Crippen LogP contribution in [0.3, 0.4) is 0 Å². The molecule has 4 aromatic carbocycles. The van der Waals surface area contributed by atoms with Crippen LogP contribution in [-0.4, -0.2) is 47.2 Å². The summed E-state index contributed by atoms with van der Waals surface area (Å²) in [5, 5.41) is 5.10. The van der Waals surface area contributed by atoms with Gasteiger partial charge >= 0.3 is 12.4 Å². The summed E-state index contributed by atoms with van der Waals surface area (Å²) >= 11 is 0. The topological polar surface area (TPSA) is 79.3 Å². The molecule has 0 bridgehead atoms. The number of carbonyl (C=O) groups excluding carboxylic acids is 2. The Morgan fingerprint density at radius 2 is 1.57 bits per heavy atom. The Kier molecular flexibility index (Phi) is 12.0. The van der Waals surface area contributed by atoms with E-state index in [4.69, 9.17) is 4.98 Å². The van der Waals surface area contributed by atoms with E-state index in [9.17, 15) is 35.9 Å². The maximum Gasteiger partial charge on any atom is 0.416 e. The minimum atomic E-state index is -4.60. The highest BCUT2D eigenvalue weighted by atomic mass is 19.4. The lowest BCUT2D eigenvalue weighted by Crippen LogP contribution is -2.47. The van der Waals surface area contributed by atoms with Crippen LogP contribution in [0.2, 0.25) is 0 Å². The van der Waals surface area contributed by atoms with Gasteiger partial charge in [0.05, 0.1) is 22.0 Å². The number of aromatic nitrogens is 2. The van der Waals surface area contributed by atoms with E-state index in [2.05, 4.69) is 22.1 Å². The molecule has 2 N–H and O–H groups in total. The van der Waals surface area contributed by atoms with Gasteiger partial charge in [-0.2, -0.15) is 26.3 Å². The number of alkyl halides is 6. The first kappa shape index (κ1) is 41.5. The summed E-state index contributed by atoms with van der Waals surface area (Å²) in [5.41, 5.74) is 3.45. The number of anilines is 2. The summed E-state index contributed by atoms with van der Waals surface area (Å²) in [6, 6.07) is 23.8. The average Bonchev–Trinajstić information content (AvgIpc) is 3.69. The van der Waals surface area contributed by atoms with E-state index in [0.717, 1.165) is 28.8 Å². The molecule has 0 saturated carbocycles. The molecule has 13 heteroatoms. The quantitative estimate of drug-likeness (QED) is 0.116. The average molecular weight is 800 g/mol. The number of benzene rings is 4. The van der Waals surface area contributed by atoms with Crippen molar-refractivity contribution in [3.63, 3.8) is 0 Å². The highest BCUT2D eigenvalue weighted by Crippen LogP contribution is 2.53. The van der Waals surface area contributed by atoms with Gasteiger partial charge in [-0.3, -0.25) is 9.59 Å². The molecule has 0 fully saturated rings. The first-order chi connectivity index (χ1) is 27.7. The van der Waals surface area contributed by atoms with Gasteiger partial charge in [0.15, 0.2) is 0 Å². The summed E-state index contributed by atoms with van der Waals surface area (Å²) in [5.74, 6) is -0.552. The number of hydrogen-bond acceptors (Lipinski definition) is 4. The molecule has 2 amide bonds. The van der Waals surface area contributed by atoms with Crippen LogP contribution in [0.15, 0.2) is 121 Å². The first-order valence-corrected chi connectivity index (χ1v) is 18.9. The Hall–Kier alpha value is -6.11. The van der Waals surface area contributed by atoms with Gasteiger partial charge in [-0.05, 0) is 103 Å². The molecule has 58 heavy (non-hydrogen) atoms. The van der Waals surface area contributed by atoms with E-state index >= 15 is 0 Å². The Bertz CT molecular complexity index is 2390. The fraction of sp³-hybridized carbons (Fsp3) is 0.267. The third kappa shape index (κ3) is 8.16. The monoisotopic (exact) mass is 799 g/mol. The van der Waals surface area contributed by atoms with Crippen molar-refractivity contribution in [2.45, 2.75) is 57.9 Å². The molecule has 6 rings (SSSR count). The lowest BCUT2D eigenvalue weighted by Gasteiger charge is -2.32. The second-order valence-electron chi connectivity index (χ2n) is 13.9. The zero-order chi connectivity index (χ0) is 41.8. The van der Waals surface area contributed by atoms with Gasteiger partial charge in [-0.25, -0.2) is 4.98 Å². The minimum absolute atomic E-state index is 0.186. The number of fused-ring (bicyclic) bond motifs is 2. The number of rotatable bonds is 13. The van der Waals surface area contributed by atoms with E-state index in [1.807, 2.05) is 36.6 Å². The van der Waals surface area contributed by atoms with Crippen molar-refractivity contribution >= 4 is 40.1 Å². The summed E-state index contributed by atoms with van der Waals surface area (Å²) in [7, 11) is 0. The third-order valence-corrected chi connectivity index (χ3v) is 10.5. The molecule has 0 spiro atoms. The Morgan fingerprint density at radius 3 is 2.21 bits per heavy atom. The van der Waals surface area contributed by atoms with Crippen LogP contribution >= 0.6 is 0 Å². The van der Waals surface area contributed by atoms with Crippen molar-refractivity contribution in [3.8, 4) is 11.1 Å². The molecule has 7 nitrogen and oxygen atoms in total. The molecule has 1 aromatic heterocycles. The Labute approximate surface area is 332 Å². The fourth-order valence-corrected chi connectivity index (χ4v) is 7.90. The molecule has 1 heterocycles. The van der Waals surface area contributed by atoms with E-state index in [1.54, 1.807) is 73.7 Å². The van der Waals surface area contributed by atoms with E-state index in [1.165, 1.54) is 12.1 Å². The highest BCUT2D eigenvalue weighted by Gasteiger charge is 2.51. The van der Waals surface area contributed by atoms with Crippen LogP contribution in [-0.2, 0) is 22.9 Å². The van der Waals surface area contributed by atoms with Crippen LogP contribution in [0.4, 0.5) is 38.0 Å². The van der Waals surface area contributed by atoms with Crippen molar-refractivity contribution in [2.24, 2.45) is 0 Å². The second kappa shape index (κ2) is 16.8. The molecule has 1 aliphatic carbocycles. The van der Waals surface area contributed by atoms with Crippen LogP contribution in [0.25, 0.3) is 27.7 Å². The maximum atomic E-state index is 14.1. The van der Waals surface area contributed by atoms with Crippen molar-refractivity contribution in [3.05, 3.63) is 144 Å². The van der Waals surface area contributed by atoms with Gasteiger partial charge in [0.25, 0.3) is 5.91 Å². The molecular weight excluding hydrogens is 757 g/mol. The van der Waals surface area contributed by atoms with Gasteiger partial charge in [-0.15, -0.1) is 0 Å². The number of amides is 2. The van der Waals surface area contributed by atoms with E-state index in [0.29, 0.717) is 65.5 Å². The number of allylic oxidation sites excluding steroid dienone is 4. The summed E-state index contributed by atoms with van der Waals surface area (Å²) < 4.78 is 82.1. The summed E-state index contributed by atoms with van der Waals surface area (Å²) in [6.45, 7) is 9.74. The largest absolute Gasteiger partial charge is 0.416 e. The standard InChI is InChI=1S/C45H43F6N5O2/c1-5-14-33-34-16-11-12-18-37(34)43(36(33)6-2,41(58)52-28-44(46,47)48)25-13-26-56-39-24-23-31(27-38(39)54-42(56)55(7-3)8-4)53-40(57)35-17-10-9-15-32(35)29-19-21-30(22-20-29)45(49,50)51/h5-6,9-12,14-24,27H,1,7-8,13,25-26,28H2,2-4H3,(H,52,58)(H,53,57)/b33-14-,36-6+. The van der Waals surface area contributed by atoms with Crippen molar-refractivity contribution in [1.82, 2.24) is 14.9 Å². The number of nitrogens with one attached hydrogen (secondary N) is 2. The van der Waals surface area contributed by atoms with Crippen molar-refractivity contribution in [1.29, 1.82) is 0 Å². The smallest absolute Gasteiger partial charge is 0.346 e. The Balaban J connectivity index is 1.32. The zero-order valence-electron chi connectivity index (χ0n) is 32.3. The number of aryl methyl sites for hydroxylation is 1. The fourth-order valence-electron chi connectivity index (χ4n) is 7.90. The van der Waals surface area contributed by atoms with Crippen LogP contribution in [0.1, 0.15) is 60.7 Å². The maximum absolute atomic E-state index is 14.1. The molecule has 0 saturated heterocycles. The van der Waals surface area contributed by atoms with Gasteiger partial charge in [0.2, 0.25) is 11.9 Å². The SMILES string of the molecule is C=C/C=C1\C(=C/C)C(CCCn2c(N(CC)CC)nc3cc(NC(=O)c4ccccc4-c4ccc(C(F)(F)F)cc4)ccc32)(C(=O)NCC(F)(F)F)c2ccccc21. The molecule has 1 atom stereocenters. The van der Waals surface area contributed by atoms with E-state index in [-0.39, 0.29) is 12.0 Å². The molecule has 5 aromatic rings. The Morgan fingerprint density at radius 1 is 0.897 bits per heavy atom. The van der Waals surface area contributed by atoms with E-state index < -0.39 is 41.7 Å².